The second-order valence-corrected chi connectivity index (χ2v) is 4.88. The summed E-state index contributed by atoms with van der Waals surface area (Å²) in [5.41, 5.74) is 0.866. The van der Waals surface area contributed by atoms with Crippen LogP contribution in [0.1, 0.15) is 5.69 Å². The van der Waals surface area contributed by atoms with E-state index in [0.29, 0.717) is 11.2 Å². The minimum Gasteiger partial charge on any atom is -0.444 e. The van der Waals surface area contributed by atoms with Crippen molar-refractivity contribution >= 4 is 5.52 Å². The van der Waals surface area contributed by atoms with Crippen LogP contribution in [0.3, 0.4) is 0 Å². The van der Waals surface area contributed by atoms with Gasteiger partial charge in [0.05, 0.1) is 18.3 Å². The largest absolute Gasteiger partial charge is 0.444 e. The van der Waals surface area contributed by atoms with Crippen molar-refractivity contribution < 1.29 is 8.81 Å². The summed E-state index contributed by atoms with van der Waals surface area (Å²) >= 11 is 0. The number of hydrogen-bond donors (Lipinski definition) is 0. The van der Waals surface area contributed by atoms with E-state index in [1.165, 1.54) is 34.1 Å². The lowest BCUT2D eigenvalue weighted by Crippen LogP contribution is -2.25. The van der Waals surface area contributed by atoms with Crippen LogP contribution in [0.4, 0.5) is 4.39 Å². The van der Waals surface area contributed by atoms with Crippen molar-refractivity contribution in [2.45, 2.75) is 6.54 Å². The summed E-state index contributed by atoms with van der Waals surface area (Å²) in [6, 6.07) is 7.80. The third kappa shape index (κ3) is 2.30. The van der Waals surface area contributed by atoms with Gasteiger partial charge in [0, 0.05) is 0 Å². The van der Waals surface area contributed by atoms with Crippen LogP contribution in [0.2, 0.25) is 0 Å². The van der Waals surface area contributed by atoms with Crippen LogP contribution >= 0.6 is 0 Å². The number of oxazole rings is 1. The number of nitrogens with zero attached hydrogens (tertiary/aromatic N) is 5. The van der Waals surface area contributed by atoms with Crippen molar-refractivity contribution in [2.24, 2.45) is 0 Å². The van der Waals surface area contributed by atoms with Crippen LogP contribution in [0.25, 0.3) is 17.0 Å². The third-order valence-electron chi connectivity index (χ3n) is 3.39. The van der Waals surface area contributed by atoms with Crippen molar-refractivity contribution in [3.63, 3.8) is 0 Å². The molecule has 0 amide bonds. The van der Waals surface area contributed by atoms with Gasteiger partial charge in [0.15, 0.2) is 0 Å². The topological polar surface area (TPSA) is 78.2 Å². The van der Waals surface area contributed by atoms with Crippen LogP contribution in [-0.2, 0) is 6.54 Å². The van der Waals surface area contributed by atoms with E-state index in [1.54, 1.807) is 24.3 Å². The normalized spacial score (nSPS) is 11.2. The van der Waals surface area contributed by atoms with E-state index in [0.717, 1.165) is 0 Å². The van der Waals surface area contributed by atoms with Crippen LogP contribution in [-0.4, -0.2) is 24.4 Å². The molecule has 3 aromatic heterocycles. The number of fused-ring (bicyclic) bond motifs is 1. The van der Waals surface area contributed by atoms with Crippen LogP contribution in [0.15, 0.2) is 58.3 Å². The molecular formula is C15H10FN5O2. The molecule has 0 fully saturated rings. The highest BCUT2D eigenvalue weighted by Gasteiger charge is 2.12. The van der Waals surface area contributed by atoms with Gasteiger partial charge in [-0.1, -0.05) is 12.1 Å². The molecule has 0 bridgehead atoms. The Balaban J connectivity index is 1.68. The molecule has 1 aromatic carbocycles. The molecule has 7 nitrogen and oxygen atoms in total. The van der Waals surface area contributed by atoms with Gasteiger partial charge in [-0.05, 0) is 18.2 Å². The molecule has 8 heteroatoms. The Morgan fingerprint density at radius 1 is 1.17 bits per heavy atom. The molecular weight excluding hydrogens is 301 g/mol. The molecule has 0 saturated carbocycles. The molecule has 0 N–H and O–H groups in total. The number of rotatable bonds is 3. The van der Waals surface area contributed by atoms with Crippen molar-refractivity contribution in [1.82, 2.24) is 24.4 Å². The second-order valence-electron chi connectivity index (χ2n) is 4.88. The van der Waals surface area contributed by atoms with Gasteiger partial charge in [-0.3, -0.25) is 4.79 Å². The van der Waals surface area contributed by atoms with E-state index in [-0.39, 0.29) is 23.6 Å². The summed E-state index contributed by atoms with van der Waals surface area (Å²) in [6.07, 6.45) is 4.35. The fourth-order valence-electron chi connectivity index (χ4n) is 2.28. The Morgan fingerprint density at radius 3 is 2.91 bits per heavy atom. The van der Waals surface area contributed by atoms with Gasteiger partial charge in [0.25, 0.3) is 5.56 Å². The van der Waals surface area contributed by atoms with E-state index in [9.17, 15) is 9.18 Å². The summed E-state index contributed by atoms with van der Waals surface area (Å²) < 4.78 is 21.7. The Morgan fingerprint density at radius 2 is 2.04 bits per heavy atom. The number of benzene rings is 1. The second kappa shape index (κ2) is 5.16. The SMILES string of the molecule is O=c1c2ccnn2cnn1Cc1coc(-c2ccccc2F)n1. The van der Waals surface area contributed by atoms with Crippen molar-refractivity contribution in [3.8, 4) is 11.5 Å². The smallest absolute Gasteiger partial charge is 0.293 e. The molecule has 23 heavy (non-hydrogen) atoms. The van der Waals surface area contributed by atoms with E-state index >= 15 is 0 Å². The minimum absolute atomic E-state index is 0.123. The number of hydrogen-bond acceptors (Lipinski definition) is 5. The predicted molar refractivity (Wildman–Crippen MR) is 78.2 cm³/mol. The lowest BCUT2D eigenvalue weighted by atomic mass is 10.2. The molecule has 0 atom stereocenters. The molecule has 4 aromatic rings. The zero-order valence-corrected chi connectivity index (χ0v) is 11.8. The van der Waals surface area contributed by atoms with Crippen LogP contribution in [0, 0.1) is 5.82 Å². The molecule has 0 spiro atoms. The maximum atomic E-state index is 13.7. The summed E-state index contributed by atoms with van der Waals surface area (Å²) in [7, 11) is 0. The molecule has 0 radical (unpaired) electrons. The zero-order chi connectivity index (χ0) is 15.8. The first-order valence-corrected chi connectivity index (χ1v) is 6.81. The molecule has 0 aliphatic heterocycles. The van der Waals surface area contributed by atoms with Gasteiger partial charge in [-0.15, -0.1) is 0 Å². The Kier molecular flexibility index (Phi) is 3.00. The Bertz CT molecular complexity index is 1050. The maximum Gasteiger partial charge on any atom is 0.293 e. The zero-order valence-electron chi connectivity index (χ0n) is 11.8. The van der Waals surface area contributed by atoms with E-state index in [1.807, 2.05) is 0 Å². The number of aromatic nitrogens is 5. The fraction of sp³-hybridized carbons (Fsp3) is 0.0667. The first-order chi connectivity index (χ1) is 11.2. The molecule has 0 aliphatic rings. The van der Waals surface area contributed by atoms with Crippen LogP contribution < -0.4 is 5.56 Å². The predicted octanol–water partition coefficient (Wildman–Crippen LogP) is 1.73. The van der Waals surface area contributed by atoms with E-state index in [4.69, 9.17) is 4.42 Å². The van der Waals surface area contributed by atoms with Crippen molar-refractivity contribution in [1.29, 1.82) is 0 Å². The first kappa shape index (κ1) is 13.4. The molecule has 0 saturated heterocycles. The molecule has 114 valence electrons. The van der Waals surface area contributed by atoms with Crippen molar-refractivity contribution in [3.05, 3.63) is 71.0 Å². The van der Waals surface area contributed by atoms with Gasteiger partial charge in [-0.25, -0.2) is 18.6 Å². The minimum atomic E-state index is -0.420. The van der Waals surface area contributed by atoms with E-state index in [2.05, 4.69) is 15.2 Å². The fourth-order valence-corrected chi connectivity index (χ4v) is 2.28. The van der Waals surface area contributed by atoms with Crippen LogP contribution in [0.5, 0.6) is 0 Å². The Hall–Kier alpha value is -3.29. The molecule has 0 unspecified atom stereocenters. The van der Waals surface area contributed by atoms with E-state index < -0.39 is 5.82 Å². The van der Waals surface area contributed by atoms with Gasteiger partial charge in [0.1, 0.15) is 29.6 Å². The number of halogens is 1. The quantitative estimate of drug-likeness (QED) is 0.576. The van der Waals surface area contributed by atoms with Gasteiger partial charge in [-0.2, -0.15) is 10.2 Å². The highest BCUT2D eigenvalue weighted by Crippen LogP contribution is 2.21. The molecule has 3 heterocycles. The average molecular weight is 311 g/mol. The third-order valence-corrected chi connectivity index (χ3v) is 3.39. The summed E-state index contributed by atoms with van der Waals surface area (Å²) in [4.78, 5) is 16.5. The molecule has 0 aliphatic carbocycles. The summed E-state index contributed by atoms with van der Waals surface area (Å²) in [6.45, 7) is 0.123. The van der Waals surface area contributed by atoms with Gasteiger partial charge < -0.3 is 4.42 Å². The standard InChI is InChI=1S/C15H10FN5O2/c16-12-4-2-1-3-11(12)14-19-10(8-23-14)7-20-15(22)13-5-6-17-21(13)9-18-20/h1-6,8-9H,7H2. The van der Waals surface area contributed by atoms with Crippen molar-refractivity contribution in [2.75, 3.05) is 0 Å². The van der Waals surface area contributed by atoms with Gasteiger partial charge >= 0.3 is 0 Å². The highest BCUT2D eigenvalue weighted by atomic mass is 19.1. The average Bonchev–Trinajstić information content (AvgIpc) is 3.20. The highest BCUT2D eigenvalue weighted by molar-refractivity contribution is 5.53. The first-order valence-electron chi connectivity index (χ1n) is 6.81. The van der Waals surface area contributed by atoms with Gasteiger partial charge in [0.2, 0.25) is 5.89 Å². The monoisotopic (exact) mass is 311 g/mol. The molecule has 4 rings (SSSR count). The summed E-state index contributed by atoms with van der Waals surface area (Å²) in [5.74, 6) is -0.256. The maximum absolute atomic E-state index is 13.7. The summed E-state index contributed by atoms with van der Waals surface area (Å²) in [5, 5.41) is 7.97. The lowest BCUT2D eigenvalue weighted by molar-refractivity contribution is 0.556. The lowest BCUT2D eigenvalue weighted by Gasteiger charge is -2.01. The Labute approximate surface area is 128 Å².